The predicted octanol–water partition coefficient (Wildman–Crippen LogP) is 1.75. The molecular formula is C17H25N3O2S. The molecule has 1 aliphatic heterocycles. The van der Waals surface area contributed by atoms with Crippen LogP contribution in [0.15, 0.2) is 30.3 Å². The number of carbonyl (C=O) groups excluding carboxylic acids is 2. The van der Waals surface area contributed by atoms with Gasteiger partial charge in [-0.1, -0.05) is 51.1 Å². The molecule has 0 aliphatic carbocycles. The zero-order chi connectivity index (χ0) is 17.0. The van der Waals surface area contributed by atoms with Gasteiger partial charge in [-0.15, -0.1) is 11.8 Å². The largest absolute Gasteiger partial charge is 0.352 e. The first-order valence-corrected chi connectivity index (χ1v) is 8.93. The molecule has 1 heterocycles. The molecule has 0 aromatic heterocycles. The summed E-state index contributed by atoms with van der Waals surface area (Å²) < 4.78 is 0. The lowest BCUT2D eigenvalue weighted by molar-refractivity contribution is -0.144. The summed E-state index contributed by atoms with van der Waals surface area (Å²) in [5, 5.41) is 2.89. The van der Waals surface area contributed by atoms with Crippen molar-refractivity contribution in [1.82, 2.24) is 10.2 Å². The Morgan fingerprint density at radius 2 is 2.00 bits per heavy atom. The quantitative estimate of drug-likeness (QED) is 0.879. The highest BCUT2D eigenvalue weighted by atomic mass is 32.2. The molecule has 2 rings (SSSR count). The second-order valence-electron chi connectivity index (χ2n) is 6.80. The Hall–Kier alpha value is -1.53. The van der Waals surface area contributed by atoms with Crippen molar-refractivity contribution in [2.24, 2.45) is 11.1 Å². The van der Waals surface area contributed by atoms with Gasteiger partial charge in [0.05, 0.1) is 5.88 Å². The normalized spacial score (nSPS) is 19.5. The van der Waals surface area contributed by atoms with E-state index in [-0.39, 0.29) is 17.9 Å². The van der Waals surface area contributed by atoms with Crippen LogP contribution in [0, 0.1) is 5.41 Å². The van der Waals surface area contributed by atoms with E-state index in [1.807, 2.05) is 51.1 Å². The molecule has 2 unspecified atom stereocenters. The second-order valence-corrected chi connectivity index (χ2v) is 7.80. The van der Waals surface area contributed by atoms with E-state index in [0.717, 1.165) is 5.56 Å². The molecule has 1 aromatic rings. The van der Waals surface area contributed by atoms with E-state index in [1.165, 1.54) is 0 Å². The van der Waals surface area contributed by atoms with Crippen molar-refractivity contribution in [1.29, 1.82) is 0 Å². The Morgan fingerprint density at radius 3 is 2.61 bits per heavy atom. The zero-order valence-corrected chi connectivity index (χ0v) is 14.7. The van der Waals surface area contributed by atoms with E-state index in [0.29, 0.717) is 18.2 Å². The Labute approximate surface area is 142 Å². The minimum absolute atomic E-state index is 0.00927. The Kier molecular flexibility index (Phi) is 5.70. The third-order valence-corrected chi connectivity index (χ3v) is 4.82. The fourth-order valence-corrected chi connectivity index (χ4v) is 3.59. The van der Waals surface area contributed by atoms with Gasteiger partial charge in [-0.2, -0.15) is 0 Å². The van der Waals surface area contributed by atoms with Crippen molar-refractivity contribution in [3.05, 3.63) is 35.9 Å². The molecule has 0 radical (unpaired) electrons. The van der Waals surface area contributed by atoms with E-state index < -0.39 is 11.5 Å². The third kappa shape index (κ3) is 4.48. The van der Waals surface area contributed by atoms with Crippen LogP contribution >= 0.6 is 11.8 Å². The van der Waals surface area contributed by atoms with Crippen molar-refractivity contribution in [2.75, 3.05) is 18.2 Å². The van der Waals surface area contributed by atoms with E-state index in [9.17, 15) is 9.59 Å². The first kappa shape index (κ1) is 17.8. The van der Waals surface area contributed by atoms with Gasteiger partial charge in [-0.25, -0.2) is 0 Å². The standard InChI is InChI=1S/C17H25N3O2S/c1-17(2,3)16(22)20-11-23-10-14(20)15(21)19-9-13(18)12-7-5-4-6-8-12/h4-8,13-14H,9-11,18H2,1-3H3,(H,19,21). The van der Waals surface area contributed by atoms with Gasteiger partial charge >= 0.3 is 0 Å². The molecule has 5 nitrogen and oxygen atoms in total. The van der Waals surface area contributed by atoms with Crippen LogP contribution < -0.4 is 11.1 Å². The van der Waals surface area contributed by atoms with Crippen molar-refractivity contribution in [3.63, 3.8) is 0 Å². The maximum Gasteiger partial charge on any atom is 0.243 e. The number of nitrogens with one attached hydrogen (secondary N) is 1. The van der Waals surface area contributed by atoms with E-state index >= 15 is 0 Å². The van der Waals surface area contributed by atoms with Crippen molar-refractivity contribution in [3.8, 4) is 0 Å². The fraction of sp³-hybridized carbons (Fsp3) is 0.529. The molecule has 6 heteroatoms. The Bertz CT molecular complexity index is 557. The topological polar surface area (TPSA) is 75.4 Å². The number of nitrogens with zero attached hydrogens (tertiary/aromatic N) is 1. The van der Waals surface area contributed by atoms with Crippen LogP contribution in [-0.2, 0) is 9.59 Å². The molecule has 0 spiro atoms. The molecule has 126 valence electrons. The monoisotopic (exact) mass is 335 g/mol. The van der Waals surface area contributed by atoms with Crippen molar-refractivity contribution in [2.45, 2.75) is 32.9 Å². The number of thioether (sulfide) groups is 1. The average Bonchev–Trinajstić information content (AvgIpc) is 3.00. The van der Waals surface area contributed by atoms with E-state index in [1.54, 1.807) is 16.7 Å². The van der Waals surface area contributed by atoms with Crippen LogP contribution in [0.1, 0.15) is 32.4 Å². The molecule has 1 fully saturated rings. The summed E-state index contributed by atoms with van der Waals surface area (Å²) in [4.78, 5) is 26.6. The third-order valence-electron chi connectivity index (χ3n) is 3.81. The van der Waals surface area contributed by atoms with Gasteiger partial charge in [0.2, 0.25) is 11.8 Å². The Morgan fingerprint density at radius 1 is 1.35 bits per heavy atom. The predicted molar refractivity (Wildman–Crippen MR) is 93.8 cm³/mol. The highest BCUT2D eigenvalue weighted by Crippen LogP contribution is 2.27. The van der Waals surface area contributed by atoms with E-state index in [2.05, 4.69) is 5.32 Å². The molecular weight excluding hydrogens is 310 g/mol. The summed E-state index contributed by atoms with van der Waals surface area (Å²) >= 11 is 1.61. The molecule has 2 amide bonds. The molecule has 3 N–H and O–H groups in total. The highest BCUT2D eigenvalue weighted by molar-refractivity contribution is 7.99. The minimum atomic E-state index is -0.482. The number of hydrogen-bond donors (Lipinski definition) is 2. The summed E-state index contributed by atoms with van der Waals surface area (Å²) in [7, 11) is 0. The first-order chi connectivity index (χ1) is 10.8. The van der Waals surface area contributed by atoms with Crippen LogP contribution in [0.4, 0.5) is 0 Å². The molecule has 0 saturated carbocycles. The molecule has 1 aromatic carbocycles. The van der Waals surface area contributed by atoms with Crippen molar-refractivity contribution >= 4 is 23.6 Å². The summed E-state index contributed by atoms with van der Waals surface area (Å²) in [5.74, 6) is 1.08. The SMILES string of the molecule is CC(C)(C)C(=O)N1CSCC1C(=O)NCC(N)c1ccccc1. The highest BCUT2D eigenvalue weighted by Gasteiger charge is 2.38. The zero-order valence-electron chi connectivity index (χ0n) is 13.9. The maximum absolute atomic E-state index is 12.4. The van der Waals surface area contributed by atoms with Crippen LogP contribution in [-0.4, -0.2) is 40.9 Å². The van der Waals surface area contributed by atoms with Gasteiger partial charge in [-0.3, -0.25) is 9.59 Å². The van der Waals surface area contributed by atoms with Gasteiger partial charge in [-0.05, 0) is 5.56 Å². The minimum Gasteiger partial charge on any atom is -0.352 e. The van der Waals surface area contributed by atoms with Crippen LogP contribution in [0.2, 0.25) is 0 Å². The Balaban J connectivity index is 1.93. The lowest BCUT2D eigenvalue weighted by Gasteiger charge is -2.29. The van der Waals surface area contributed by atoms with Gasteiger partial charge in [0.25, 0.3) is 0 Å². The number of nitrogens with two attached hydrogens (primary N) is 1. The van der Waals surface area contributed by atoms with Gasteiger partial charge in [0.1, 0.15) is 6.04 Å². The molecule has 1 aliphatic rings. The van der Waals surface area contributed by atoms with Crippen molar-refractivity contribution < 1.29 is 9.59 Å². The fourth-order valence-electron chi connectivity index (χ4n) is 2.44. The number of hydrogen-bond acceptors (Lipinski definition) is 4. The summed E-state index contributed by atoms with van der Waals surface area (Å²) in [6, 6.07) is 9.01. The summed E-state index contributed by atoms with van der Waals surface area (Å²) in [6.07, 6.45) is 0. The first-order valence-electron chi connectivity index (χ1n) is 7.78. The summed E-state index contributed by atoms with van der Waals surface area (Å²) in [5.41, 5.74) is 6.61. The van der Waals surface area contributed by atoms with E-state index in [4.69, 9.17) is 5.73 Å². The summed E-state index contributed by atoms with van der Waals surface area (Å²) in [6.45, 7) is 5.98. The lowest BCUT2D eigenvalue weighted by Crippen LogP contribution is -2.51. The maximum atomic E-state index is 12.4. The average molecular weight is 335 g/mol. The van der Waals surface area contributed by atoms with Crippen LogP contribution in [0.5, 0.6) is 0 Å². The lowest BCUT2D eigenvalue weighted by atomic mass is 9.94. The molecule has 23 heavy (non-hydrogen) atoms. The number of carbonyl (C=O) groups is 2. The number of amides is 2. The molecule has 1 saturated heterocycles. The van der Waals surface area contributed by atoms with Crippen LogP contribution in [0.25, 0.3) is 0 Å². The van der Waals surface area contributed by atoms with Gasteiger partial charge < -0.3 is 16.0 Å². The van der Waals surface area contributed by atoms with Gasteiger partial charge in [0.15, 0.2) is 0 Å². The van der Waals surface area contributed by atoms with Crippen LogP contribution in [0.3, 0.4) is 0 Å². The smallest absolute Gasteiger partial charge is 0.243 e. The molecule has 2 atom stereocenters. The molecule has 0 bridgehead atoms. The number of rotatable bonds is 4. The van der Waals surface area contributed by atoms with Gasteiger partial charge in [0, 0.05) is 23.8 Å². The number of benzene rings is 1. The second kappa shape index (κ2) is 7.36.